The zero-order valence-corrected chi connectivity index (χ0v) is 12.5. The molecule has 17 heavy (non-hydrogen) atoms. The molecule has 0 aliphatic rings. The van der Waals surface area contributed by atoms with E-state index in [0.29, 0.717) is 16.0 Å². The van der Waals surface area contributed by atoms with E-state index < -0.39 is 0 Å². The Morgan fingerprint density at radius 2 is 1.94 bits per heavy atom. The molecule has 0 spiro atoms. The average molecular weight is 358 g/mol. The zero-order chi connectivity index (χ0) is 12.6. The number of H-pyrrole nitrogens is 1. The molecule has 0 aliphatic heterocycles. The van der Waals surface area contributed by atoms with E-state index in [4.69, 9.17) is 0 Å². The molecule has 0 amide bonds. The summed E-state index contributed by atoms with van der Waals surface area (Å²) in [4.78, 5) is 18.8. The summed E-state index contributed by atoms with van der Waals surface area (Å²) in [5, 5.41) is 0. The topological polar surface area (TPSA) is 45.8 Å². The SMILES string of the molecule is Cc1ccc(-c2nc(C)c(Br)c(=O)[nH]2)c(Br)c1. The van der Waals surface area contributed by atoms with E-state index in [1.807, 2.05) is 25.1 Å². The van der Waals surface area contributed by atoms with Crippen LogP contribution < -0.4 is 5.56 Å². The fraction of sp³-hybridized carbons (Fsp3) is 0.167. The molecule has 1 N–H and O–H groups in total. The third kappa shape index (κ3) is 2.50. The maximum absolute atomic E-state index is 11.7. The van der Waals surface area contributed by atoms with Gasteiger partial charge in [0.05, 0.1) is 5.69 Å². The van der Waals surface area contributed by atoms with Crippen molar-refractivity contribution in [2.24, 2.45) is 0 Å². The first kappa shape index (κ1) is 12.5. The van der Waals surface area contributed by atoms with Crippen LogP contribution in [0.25, 0.3) is 11.4 Å². The highest BCUT2D eigenvalue weighted by Gasteiger charge is 2.09. The van der Waals surface area contributed by atoms with E-state index >= 15 is 0 Å². The summed E-state index contributed by atoms with van der Waals surface area (Å²) in [6.45, 7) is 3.81. The van der Waals surface area contributed by atoms with E-state index in [0.717, 1.165) is 15.6 Å². The van der Waals surface area contributed by atoms with E-state index in [-0.39, 0.29) is 5.56 Å². The van der Waals surface area contributed by atoms with E-state index in [1.165, 1.54) is 0 Å². The van der Waals surface area contributed by atoms with Crippen LogP contribution in [-0.4, -0.2) is 9.97 Å². The molecule has 0 aliphatic carbocycles. The Kier molecular flexibility index (Phi) is 3.49. The Hall–Kier alpha value is -0.940. The second-order valence-corrected chi connectivity index (χ2v) is 5.44. The van der Waals surface area contributed by atoms with Gasteiger partial charge >= 0.3 is 0 Å². The molecule has 1 heterocycles. The first-order chi connectivity index (χ1) is 7.99. The third-order valence-corrected chi connectivity index (χ3v) is 4.00. The molecule has 1 aromatic heterocycles. The number of aromatic nitrogens is 2. The molecule has 0 radical (unpaired) electrons. The Balaban J connectivity index is 2.65. The van der Waals surface area contributed by atoms with Gasteiger partial charge in [-0.15, -0.1) is 0 Å². The smallest absolute Gasteiger partial charge is 0.265 e. The van der Waals surface area contributed by atoms with E-state index in [1.54, 1.807) is 6.92 Å². The summed E-state index contributed by atoms with van der Waals surface area (Å²) in [5.41, 5.74) is 2.54. The number of aromatic amines is 1. The number of nitrogens with zero attached hydrogens (tertiary/aromatic N) is 1. The second-order valence-electron chi connectivity index (χ2n) is 3.80. The van der Waals surface area contributed by atoms with Gasteiger partial charge in [0.2, 0.25) is 0 Å². The molecule has 1 aromatic carbocycles. The Morgan fingerprint density at radius 1 is 1.24 bits per heavy atom. The molecule has 0 bridgehead atoms. The molecule has 0 saturated heterocycles. The summed E-state index contributed by atoms with van der Waals surface area (Å²) in [6.07, 6.45) is 0. The highest BCUT2D eigenvalue weighted by atomic mass is 79.9. The lowest BCUT2D eigenvalue weighted by atomic mass is 10.1. The molecule has 3 nitrogen and oxygen atoms in total. The Bertz CT molecular complexity index is 635. The molecule has 0 fully saturated rings. The van der Waals surface area contributed by atoms with Crippen molar-refractivity contribution in [2.75, 3.05) is 0 Å². The minimum atomic E-state index is -0.167. The zero-order valence-electron chi connectivity index (χ0n) is 9.34. The lowest BCUT2D eigenvalue weighted by Gasteiger charge is -2.06. The van der Waals surface area contributed by atoms with Crippen LogP contribution in [-0.2, 0) is 0 Å². The van der Waals surface area contributed by atoms with Gasteiger partial charge in [-0.3, -0.25) is 4.79 Å². The van der Waals surface area contributed by atoms with Crippen LogP contribution in [0.5, 0.6) is 0 Å². The van der Waals surface area contributed by atoms with Crippen molar-refractivity contribution < 1.29 is 0 Å². The largest absolute Gasteiger partial charge is 0.306 e. The van der Waals surface area contributed by atoms with Crippen molar-refractivity contribution >= 4 is 31.9 Å². The molecule has 5 heteroatoms. The molecule has 2 rings (SSSR count). The molecular weight excluding hydrogens is 348 g/mol. The van der Waals surface area contributed by atoms with Gasteiger partial charge in [0.1, 0.15) is 10.3 Å². The van der Waals surface area contributed by atoms with Crippen molar-refractivity contribution in [3.63, 3.8) is 0 Å². The number of benzene rings is 1. The minimum absolute atomic E-state index is 0.167. The number of hydrogen-bond donors (Lipinski definition) is 1. The first-order valence-electron chi connectivity index (χ1n) is 5.02. The van der Waals surface area contributed by atoms with Gasteiger partial charge in [-0.05, 0) is 47.5 Å². The van der Waals surface area contributed by atoms with Crippen molar-refractivity contribution in [2.45, 2.75) is 13.8 Å². The lowest BCUT2D eigenvalue weighted by Crippen LogP contribution is -2.12. The molecular formula is C12H10Br2N2O. The molecule has 0 saturated carbocycles. The van der Waals surface area contributed by atoms with Crippen LogP contribution >= 0.6 is 31.9 Å². The molecule has 0 unspecified atom stereocenters. The summed E-state index contributed by atoms with van der Waals surface area (Å²) in [5.74, 6) is 0.572. The highest BCUT2D eigenvalue weighted by molar-refractivity contribution is 9.10. The van der Waals surface area contributed by atoms with E-state index in [2.05, 4.69) is 41.8 Å². The van der Waals surface area contributed by atoms with Crippen LogP contribution in [0.3, 0.4) is 0 Å². The van der Waals surface area contributed by atoms with Crippen molar-refractivity contribution in [3.05, 3.63) is 48.8 Å². The summed E-state index contributed by atoms with van der Waals surface area (Å²) >= 11 is 6.68. The second kappa shape index (κ2) is 4.74. The number of aryl methyl sites for hydroxylation is 2. The molecule has 0 atom stereocenters. The van der Waals surface area contributed by atoms with Gasteiger partial charge in [0, 0.05) is 10.0 Å². The van der Waals surface area contributed by atoms with Gasteiger partial charge in [0.15, 0.2) is 0 Å². The van der Waals surface area contributed by atoms with Gasteiger partial charge in [0.25, 0.3) is 5.56 Å². The van der Waals surface area contributed by atoms with Crippen LogP contribution in [0.2, 0.25) is 0 Å². The first-order valence-corrected chi connectivity index (χ1v) is 6.60. The van der Waals surface area contributed by atoms with Gasteiger partial charge in [-0.1, -0.05) is 22.0 Å². The van der Waals surface area contributed by atoms with Gasteiger partial charge in [-0.2, -0.15) is 0 Å². The van der Waals surface area contributed by atoms with Crippen LogP contribution in [0.15, 0.2) is 31.9 Å². The fourth-order valence-corrected chi connectivity index (χ4v) is 2.38. The number of nitrogens with one attached hydrogen (secondary N) is 1. The fourth-order valence-electron chi connectivity index (χ4n) is 1.51. The van der Waals surface area contributed by atoms with Gasteiger partial charge < -0.3 is 4.98 Å². The predicted octanol–water partition coefficient (Wildman–Crippen LogP) is 3.58. The summed E-state index contributed by atoms with van der Waals surface area (Å²) in [6, 6.07) is 5.91. The van der Waals surface area contributed by atoms with Crippen LogP contribution in [0.4, 0.5) is 0 Å². The average Bonchev–Trinajstić information content (AvgIpc) is 2.25. The lowest BCUT2D eigenvalue weighted by molar-refractivity contribution is 1.05. The quantitative estimate of drug-likeness (QED) is 0.847. The molecule has 2 aromatic rings. The predicted molar refractivity (Wildman–Crippen MR) is 75.2 cm³/mol. The van der Waals surface area contributed by atoms with Crippen molar-refractivity contribution in [3.8, 4) is 11.4 Å². The maximum Gasteiger partial charge on any atom is 0.265 e. The maximum atomic E-state index is 11.7. The number of halogens is 2. The van der Waals surface area contributed by atoms with Gasteiger partial charge in [-0.25, -0.2) is 4.98 Å². The standard InChI is InChI=1S/C12H10Br2N2O/c1-6-3-4-8(9(13)5-6)11-15-7(2)10(14)12(17)16-11/h3-5H,1-2H3,(H,15,16,17). The van der Waals surface area contributed by atoms with Crippen LogP contribution in [0, 0.1) is 13.8 Å². The van der Waals surface area contributed by atoms with E-state index in [9.17, 15) is 4.79 Å². The minimum Gasteiger partial charge on any atom is -0.306 e. The highest BCUT2D eigenvalue weighted by Crippen LogP contribution is 2.26. The van der Waals surface area contributed by atoms with Crippen molar-refractivity contribution in [1.29, 1.82) is 0 Å². The third-order valence-electron chi connectivity index (χ3n) is 2.41. The van der Waals surface area contributed by atoms with Crippen LogP contribution in [0.1, 0.15) is 11.3 Å². The number of rotatable bonds is 1. The summed E-state index contributed by atoms with van der Waals surface area (Å²) < 4.78 is 1.40. The Morgan fingerprint density at radius 3 is 2.53 bits per heavy atom. The molecule has 88 valence electrons. The number of hydrogen-bond acceptors (Lipinski definition) is 2. The Labute approximate surface area is 116 Å². The normalized spacial score (nSPS) is 10.6. The van der Waals surface area contributed by atoms with Crippen molar-refractivity contribution in [1.82, 2.24) is 9.97 Å². The summed E-state index contributed by atoms with van der Waals surface area (Å²) in [7, 11) is 0. The monoisotopic (exact) mass is 356 g/mol.